The Kier molecular flexibility index (Phi) is 2.07. The highest BCUT2D eigenvalue weighted by atomic mass is 31.0. The molecule has 0 aliphatic carbocycles. The van der Waals surface area contributed by atoms with Crippen molar-refractivity contribution in [2.75, 3.05) is 0 Å². The Hall–Kier alpha value is 0.430. The van der Waals surface area contributed by atoms with Crippen LogP contribution in [-0.2, 0) is 0 Å². The minimum absolute atomic E-state index is 0.569. The molecule has 0 aromatic heterocycles. The summed E-state index contributed by atoms with van der Waals surface area (Å²) in [5, 5.41) is 0.569. The van der Waals surface area contributed by atoms with Crippen molar-refractivity contribution >= 4 is 9.24 Å². The van der Waals surface area contributed by atoms with Gasteiger partial charge in [0.2, 0.25) is 0 Å². The first-order valence-corrected chi connectivity index (χ1v) is 3.12. The third-order valence-corrected chi connectivity index (χ3v) is 1.46. The van der Waals surface area contributed by atoms with E-state index < -0.39 is 0 Å². The van der Waals surface area contributed by atoms with E-state index in [1.807, 2.05) is 0 Å². The van der Waals surface area contributed by atoms with Crippen LogP contribution in [0.4, 0.5) is 0 Å². The fourth-order valence-corrected chi connectivity index (χ4v) is 0. The van der Waals surface area contributed by atoms with E-state index in [0.717, 1.165) is 0 Å². The topological polar surface area (TPSA) is 0 Å². The lowest BCUT2D eigenvalue weighted by Gasteiger charge is -2.06. The SMILES string of the molecule is CCC(C)(C)[PH3+]. The summed E-state index contributed by atoms with van der Waals surface area (Å²) in [4.78, 5) is 0. The van der Waals surface area contributed by atoms with Crippen LogP contribution >= 0.6 is 9.24 Å². The molecular formula is C5H14P+. The van der Waals surface area contributed by atoms with Gasteiger partial charge in [0.05, 0.1) is 5.16 Å². The average Bonchev–Trinajstić information content (AvgIpc) is 1.35. The van der Waals surface area contributed by atoms with Gasteiger partial charge >= 0.3 is 0 Å². The highest BCUT2D eigenvalue weighted by molar-refractivity contribution is 7.18. The van der Waals surface area contributed by atoms with Crippen LogP contribution in [0.25, 0.3) is 0 Å². The second-order valence-corrected chi connectivity index (χ2v) is 4.43. The molecule has 1 heteroatoms. The minimum atomic E-state index is 0.569. The zero-order valence-corrected chi connectivity index (χ0v) is 6.33. The second kappa shape index (κ2) is 1.93. The van der Waals surface area contributed by atoms with Crippen LogP contribution in [0.1, 0.15) is 27.2 Å². The van der Waals surface area contributed by atoms with Crippen LogP contribution in [0, 0.1) is 0 Å². The Balaban J connectivity index is 3.17. The van der Waals surface area contributed by atoms with Crippen LogP contribution in [0.5, 0.6) is 0 Å². The predicted octanol–water partition coefficient (Wildman–Crippen LogP) is 1.78. The zero-order chi connectivity index (χ0) is 5.21. The molecule has 0 bridgehead atoms. The molecule has 1 atom stereocenters. The van der Waals surface area contributed by atoms with Crippen LogP contribution in [0.3, 0.4) is 0 Å². The van der Waals surface area contributed by atoms with Crippen molar-refractivity contribution in [3.63, 3.8) is 0 Å². The van der Waals surface area contributed by atoms with Crippen molar-refractivity contribution < 1.29 is 0 Å². The third-order valence-electron chi connectivity index (χ3n) is 0.957. The van der Waals surface area contributed by atoms with Crippen LogP contribution < -0.4 is 0 Å². The maximum atomic E-state index is 2.26. The van der Waals surface area contributed by atoms with Crippen LogP contribution in [-0.4, -0.2) is 5.16 Å². The molecule has 0 aliphatic rings. The molecule has 0 radical (unpaired) electrons. The first kappa shape index (κ1) is 6.43. The van der Waals surface area contributed by atoms with Gasteiger partial charge in [-0.3, -0.25) is 0 Å². The summed E-state index contributed by atoms with van der Waals surface area (Å²) in [5.41, 5.74) is 0. The van der Waals surface area contributed by atoms with Crippen molar-refractivity contribution in [2.24, 2.45) is 0 Å². The highest BCUT2D eigenvalue weighted by Gasteiger charge is 2.09. The van der Waals surface area contributed by atoms with Gasteiger partial charge in [0, 0.05) is 0 Å². The van der Waals surface area contributed by atoms with E-state index >= 15 is 0 Å². The lowest BCUT2D eigenvalue weighted by molar-refractivity contribution is 0.685. The van der Waals surface area contributed by atoms with Gasteiger partial charge in [-0.15, -0.1) is 0 Å². The number of hydrogen-bond acceptors (Lipinski definition) is 0. The van der Waals surface area contributed by atoms with Crippen molar-refractivity contribution in [3.8, 4) is 0 Å². The van der Waals surface area contributed by atoms with Crippen molar-refractivity contribution in [2.45, 2.75) is 32.3 Å². The summed E-state index contributed by atoms with van der Waals surface area (Å²) in [5.74, 6) is 0. The summed E-state index contributed by atoms with van der Waals surface area (Å²) < 4.78 is 0. The molecule has 0 amide bonds. The maximum Gasteiger partial charge on any atom is 0.0673 e. The molecular weight excluding hydrogens is 91.0 g/mol. The zero-order valence-electron chi connectivity index (χ0n) is 4.91. The van der Waals surface area contributed by atoms with E-state index in [1.54, 1.807) is 0 Å². The van der Waals surface area contributed by atoms with Crippen molar-refractivity contribution in [1.82, 2.24) is 0 Å². The van der Waals surface area contributed by atoms with E-state index in [2.05, 4.69) is 30.0 Å². The van der Waals surface area contributed by atoms with Gasteiger partial charge in [-0.25, -0.2) is 0 Å². The molecule has 0 fully saturated rings. The summed E-state index contributed by atoms with van der Waals surface area (Å²) in [6.45, 7) is 6.73. The van der Waals surface area contributed by atoms with Gasteiger partial charge in [-0.2, -0.15) is 0 Å². The lowest BCUT2D eigenvalue weighted by atomic mass is 10.1. The third kappa shape index (κ3) is 4.43. The van der Waals surface area contributed by atoms with E-state index in [9.17, 15) is 0 Å². The Labute approximate surface area is 42.5 Å². The summed E-state index contributed by atoms with van der Waals surface area (Å²) >= 11 is 0. The lowest BCUT2D eigenvalue weighted by Crippen LogP contribution is -2.04. The van der Waals surface area contributed by atoms with E-state index in [0.29, 0.717) is 5.16 Å². The normalized spacial score (nSPS) is 12.5. The van der Waals surface area contributed by atoms with E-state index in [-0.39, 0.29) is 0 Å². The van der Waals surface area contributed by atoms with Gasteiger partial charge in [0.15, 0.2) is 0 Å². The molecule has 0 nitrogen and oxygen atoms in total. The molecule has 0 rings (SSSR count). The Bertz CT molecular complexity index is 33.7. The molecule has 0 aromatic rings. The Morgan fingerprint density at radius 2 is 1.67 bits per heavy atom. The monoisotopic (exact) mass is 105 g/mol. The van der Waals surface area contributed by atoms with Crippen molar-refractivity contribution in [1.29, 1.82) is 0 Å². The van der Waals surface area contributed by atoms with E-state index in [1.165, 1.54) is 6.42 Å². The average molecular weight is 105 g/mol. The summed E-state index contributed by atoms with van der Waals surface area (Å²) in [6, 6.07) is 0. The van der Waals surface area contributed by atoms with Gasteiger partial charge in [-0.1, -0.05) is 6.92 Å². The maximum absolute atomic E-state index is 2.26. The molecule has 0 heterocycles. The molecule has 0 saturated heterocycles. The fourth-order valence-electron chi connectivity index (χ4n) is 0. The van der Waals surface area contributed by atoms with E-state index in [4.69, 9.17) is 0 Å². The molecule has 1 unspecified atom stereocenters. The Morgan fingerprint density at radius 1 is 1.50 bits per heavy atom. The predicted molar refractivity (Wildman–Crippen MR) is 35.5 cm³/mol. The largest absolute Gasteiger partial charge is 0.0673 e. The number of rotatable bonds is 1. The second-order valence-electron chi connectivity index (χ2n) is 2.52. The molecule has 0 aliphatic heterocycles. The molecule has 0 N–H and O–H groups in total. The smallest absolute Gasteiger partial charge is 0.0614 e. The molecule has 38 valence electrons. The molecule has 0 aromatic carbocycles. The van der Waals surface area contributed by atoms with Crippen LogP contribution in [0.15, 0.2) is 0 Å². The quantitative estimate of drug-likeness (QED) is 0.446. The highest BCUT2D eigenvalue weighted by Crippen LogP contribution is 2.18. The number of hydrogen-bond donors (Lipinski definition) is 0. The summed E-state index contributed by atoms with van der Waals surface area (Å²) in [6.07, 6.45) is 1.28. The van der Waals surface area contributed by atoms with Gasteiger partial charge in [-0.05, 0) is 29.5 Å². The van der Waals surface area contributed by atoms with Gasteiger partial charge < -0.3 is 0 Å². The minimum Gasteiger partial charge on any atom is -0.0614 e. The molecule has 0 saturated carbocycles. The molecule has 0 spiro atoms. The first-order chi connectivity index (χ1) is 2.56. The fraction of sp³-hybridized carbons (Fsp3) is 1.00. The molecule has 6 heavy (non-hydrogen) atoms. The first-order valence-electron chi connectivity index (χ1n) is 2.41. The van der Waals surface area contributed by atoms with Gasteiger partial charge in [0.25, 0.3) is 0 Å². The Morgan fingerprint density at radius 3 is 1.67 bits per heavy atom. The summed E-state index contributed by atoms with van der Waals surface area (Å²) in [7, 11) is 2.06. The standard InChI is InChI=1S/C5H13P/c1-4-5(2,3)6/h4,6H2,1-3H3/p+1. The van der Waals surface area contributed by atoms with Crippen molar-refractivity contribution in [3.05, 3.63) is 0 Å². The van der Waals surface area contributed by atoms with Gasteiger partial charge in [0.1, 0.15) is 0 Å². The van der Waals surface area contributed by atoms with Crippen LogP contribution in [0.2, 0.25) is 0 Å².